The number of aliphatic imine (C=N–C) groups is 1. The molecule has 3 N–H and O–H groups in total. The average molecular weight is 405 g/mol. The molecule has 1 unspecified atom stereocenters. The van der Waals surface area contributed by atoms with Gasteiger partial charge in [-0.25, -0.2) is 9.37 Å². The highest BCUT2D eigenvalue weighted by molar-refractivity contribution is 6.32. The third-order valence-corrected chi connectivity index (χ3v) is 4.61. The molecule has 0 bridgehead atoms. The predicted octanol–water partition coefficient (Wildman–Crippen LogP) is 2.26. The van der Waals surface area contributed by atoms with Crippen molar-refractivity contribution < 1.29 is 9.18 Å². The van der Waals surface area contributed by atoms with Crippen molar-refractivity contribution in [2.75, 3.05) is 36.9 Å². The van der Waals surface area contributed by atoms with Gasteiger partial charge >= 0.3 is 0 Å². The Labute approximate surface area is 168 Å². The van der Waals surface area contributed by atoms with E-state index in [9.17, 15) is 9.18 Å². The number of nitrogens with one attached hydrogen (secondary N) is 3. The summed E-state index contributed by atoms with van der Waals surface area (Å²) >= 11 is 6.22. The minimum atomic E-state index is -0.401. The first-order valence-corrected chi connectivity index (χ1v) is 9.31. The number of carbonyl (C=O) groups is 1. The van der Waals surface area contributed by atoms with Crippen LogP contribution in [0.15, 0.2) is 47.6 Å². The SMILES string of the molecule is CN=C(NCC(=O)Nc1cccc(F)c1)NC1CCN(c2ncccc2Cl)C1. The van der Waals surface area contributed by atoms with Gasteiger partial charge in [0.1, 0.15) is 11.6 Å². The first kappa shape index (κ1) is 19.9. The van der Waals surface area contributed by atoms with Gasteiger partial charge in [-0.1, -0.05) is 17.7 Å². The minimum absolute atomic E-state index is 0.0126. The number of halogens is 2. The van der Waals surface area contributed by atoms with Crippen LogP contribution in [-0.4, -0.2) is 49.6 Å². The molecule has 1 aromatic carbocycles. The number of benzene rings is 1. The van der Waals surface area contributed by atoms with Crippen LogP contribution in [-0.2, 0) is 4.79 Å². The Morgan fingerprint density at radius 1 is 1.39 bits per heavy atom. The highest BCUT2D eigenvalue weighted by Crippen LogP contribution is 2.25. The number of guanidine groups is 1. The summed E-state index contributed by atoms with van der Waals surface area (Å²) in [6.45, 7) is 1.57. The van der Waals surface area contributed by atoms with E-state index in [4.69, 9.17) is 11.6 Å². The molecule has 1 aliphatic heterocycles. The maximum atomic E-state index is 13.2. The molecule has 3 rings (SSSR count). The molecule has 1 saturated heterocycles. The fraction of sp³-hybridized carbons (Fsp3) is 0.316. The first-order valence-electron chi connectivity index (χ1n) is 8.93. The number of pyridine rings is 1. The lowest BCUT2D eigenvalue weighted by molar-refractivity contribution is -0.115. The molecule has 2 heterocycles. The van der Waals surface area contributed by atoms with Crippen LogP contribution in [0, 0.1) is 5.82 Å². The molecule has 0 spiro atoms. The maximum Gasteiger partial charge on any atom is 0.243 e. The van der Waals surface area contributed by atoms with Crippen LogP contribution in [0.1, 0.15) is 6.42 Å². The molecule has 0 aliphatic carbocycles. The van der Waals surface area contributed by atoms with Crippen molar-refractivity contribution in [1.29, 1.82) is 0 Å². The van der Waals surface area contributed by atoms with Gasteiger partial charge in [0.15, 0.2) is 5.96 Å². The van der Waals surface area contributed by atoms with E-state index in [1.165, 1.54) is 12.1 Å². The standard InChI is InChI=1S/C19H22ClFN6O/c1-22-19(24-11-17(28)25-14-5-2-4-13(21)10-14)26-15-7-9-27(12-15)18-16(20)6-3-8-23-18/h2-6,8,10,15H,7,9,11-12H2,1H3,(H,25,28)(H2,22,24,26). The van der Waals surface area contributed by atoms with Crippen molar-refractivity contribution in [3.8, 4) is 0 Å². The lowest BCUT2D eigenvalue weighted by atomic mass is 10.3. The van der Waals surface area contributed by atoms with E-state index in [0.29, 0.717) is 16.7 Å². The zero-order chi connectivity index (χ0) is 19.9. The Balaban J connectivity index is 1.47. The van der Waals surface area contributed by atoms with E-state index in [1.807, 2.05) is 6.07 Å². The van der Waals surface area contributed by atoms with Gasteiger partial charge in [0.2, 0.25) is 5.91 Å². The highest BCUT2D eigenvalue weighted by Gasteiger charge is 2.25. The molecule has 148 valence electrons. The Morgan fingerprint density at radius 2 is 2.25 bits per heavy atom. The number of anilines is 2. The Bertz CT molecular complexity index is 862. The van der Waals surface area contributed by atoms with Crippen molar-refractivity contribution in [3.05, 3.63) is 53.4 Å². The van der Waals surface area contributed by atoms with Gasteiger partial charge < -0.3 is 20.9 Å². The Morgan fingerprint density at radius 3 is 3.00 bits per heavy atom. The van der Waals surface area contributed by atoms with E-state index in [-0.39, 0.29) is 18.5 Å². The number of amides is 1. The average Bonchev–Trinajstić information content (AvgIpc) is 3.13. The van der Waals surface area contributed by atoms with Crippen molar-refractivity contribution in [2.45, 2.75) is 12.5 Å². The molecule has 1 aromatic heterocycles. The third kappa shape index (κ3) is 5.32. The minimum Gasteiger partial charge on any atom is -0.353 e. The van der Waals surface area contributed by atoms with Gasteiger partial charge in [-0.3, -0.25) is 9.79 Å². The topological polar surface area (TPSA) is 81.6 Å². The monoisotopic (exact) mass is 404 g/mol. The Hall–Kier alpha value is -2.87. The lowest BCUT2D eigenvalue weighted by Gasteiger charge is -2.20. The van der Waals surface area contributed by atoms with E-state index >= 15 is 0 Å². The van der Waals surface area contributed by atoms with Gasteiger partial charge in [0.25, 0.3) is 0 Å². The van der Waals surface area contributed by atoms with Crippen LogP contribution in [0.4, 0.5) is 15.9 Å². The van der Waals surface area contributed by atoms with Crippen LogP contribution >= 0.6 is 11.6 Å². The highest BCUT2D eigenvalue weighted by atomic mass is 35.5. The molecule has 9 heteroatoms. The molecule has 1 fully saturated rings. The van der Waals surface area contributed by atoms with Gasteiger partial charge in [0.05, 0.1) is 11.6 Å². The van der Waals surface area contributed by atoms with Gasteiger partial charge in [-0.2, -0.15) is 0 Å². The molecular formula is C19H22ClFN6O. The Kier molecular flexibility index (Phi) is 6.65. The second kappa shape index (κ2) is 9.36. The summed E-state index contributed by atoms with van der Waals surface area (Å²) in [5.74, 6) is 0.600. The molecule has 1 amide bonds. The lowest BCUT2D eigenvalue weighted by Crippen LogP contribution is -2.46. The molecule has 0 radical (unpaired) electrons. The molecule has 1 atom stereocenters. The normalized spacial score (nSPS) is 16.8. The molecule has 0 saturated carbocycles. The predicted molar refractivity (Wildman–Crippen MR) is 109 cm³/mol. The summed E-state index contributed by atoms with van der Waals surface area (Å²) in [4.78, 5) is 22.7. The summed E-state index contributed by atoms with van der Waals surface area (Å²) in [7, 11) is 1.64. The van der Waals surface area contributed by atoms with Crippen molar-refractivity contribution in [2.24, 2.45) is 4.99 Å². The van der Waals surface area contributed by atoms with Crippen molar-refractivity contribution in [3.63, 3.8) is 0 Å². The summed E-state index contributed by atoms with van der Waals surface area (Å²) in [5, 5.41) is 9.53. The van der Waals surface area contributed by atoms with Crippen LogP contribution < -0.4 is 20.9 Å². The van der Waals surface area contributed by atoms with Crippen LogP contribution in [0.25, 0.3) is 0 Å². The smallest absolute Gasteiger partial charge is 0.243 e. The second-order valence-electron chi connectivity index (χ2n) is 6.37. The molecule has 1 aliphatic rings. The van der Waals surface area contributed by atoms with Crippen LogP contribution in [0.3, 0.4) is 0 Å². The summed E-state index contributed by atoms with van der Waals surface area (Å²) in [5.41, 5.74) is 0.411. The van der Waals surface area contributed by atoms with Crippen molar-refractivity contribution >= 4 is 35.0 Å². The molecule has 7 nitrogen and oxygen atoms in total. The van der Waals surface area contributed by atoms with E-state index in [1.54, 1.807) is 31.4 Å². The first-order chi connectivity index (χ1) is 13.5. The fourth-order valence-electron chi connectivity index (χ4n) is 3.00. The number of aromatic nitrogens is 1. The number of carbonyl (C=O) groups excluding carboxylic acids is 1. The number of hydrogen-bond donors (Lipinski definition) is 3. The quantitative estimate of drug-likeness (QED) is 0.526. The van der Waals surface area contributed by atoms with E-state index in [0.717, 1.165) is 25.3 Å². The number of hydrogen-bond acceptors (Lipinski definition) is 4. The summed E-state index contributed by atoms with van der Waals surface area (Å²) < 4.78 is 13.2. The zero-order valence-corrected chi connectivity index (χ0v) is 16.2. The van der Waals surface area contributed by atoms with Crippen LogP contribution in [0.5, 0.6) is 0 Å². The number of rotatable bonds is 5. The van der Waals surface area contributed by atoms with Gasteiger partial charge in [-0.15, -0.1) is 0 Å². The molecule has 2 aromatic rings. The maximum absolute atomic E-state index is 13.2. The zero-order valence-electron chi connectivity index (χ0n) is 15.5. The van der Waals surface area contributed by atoms with Gasteiger partial charge in [-0.05, 0) is 36.8 Å². The number of nitrogens with zero attached hydrogens (tertiary/aromatic N) is 3. The summed E-state index contributed by atoms with van der Waals surface area (Å²) in [6.07, 6.45) is 2.61. The third-order valence-electron chi connectivity index (χ3n) is 4.32. The van der Waals surface area contributed by atoms with E-state index < -0.39 is 5.82 Å². The second-order valence-corrected chi connectivity index (χ2v) is 6.78. The van der Waals surface area contributed by atoms with Crippen molar-refractivity contribution in [1.82, 2.24) is 15.6 Å². The largest absolute Gasteiger partial charge is 0.353 e. The van der Waals surface area contributed by atoms with Crippen LogP contribution in [0.2, 0.25) is 5.02 Å². The van der Waals surface area contributed by atoms with E-state index in [2.05, 4.69) is 30.8 Å². The molecule has 28 heavy (non-hydrogen) atoms. The van der Waals surface area contributed by atoms with Gasteiger partial charge in [0, 0.05) is 38.1 Å². The summed E-state index contributed by atoms with van der Waals surface area (Å²) in [6, 6.07) is 9.53. The fourth-order valence-corrected chi connectivity index (χ4v) is 3.24. The molecular weight excluding hydrogens is 383 g/mol.